The van der Waals surface area contributed by atoms with Gasteiger partial charge in [-0.1, -0.05) is 123 Å². The second kappa shape index (κ2) is 9.57. The third-order valence-electron chi connectivity index (χ3n) is 10.5. The minimum absolute atomic E-state index is 0.0598. The predicted octanol–water partition coefficient (Wildman–Crippen LogP) is 11.9. The molecular weight excluding hydrogens is 569 g/mol. The van der Waals surface area contributed by atoms with Gasteiger partial charge in [0.2, 0.25) is 0 Å². The molecule has 0 unspecified atom stereocenters. The average Bonchev–Trinajstić information content (AvgIpc) is 3.70. The van der Waals surface area contributed by atoms with Crippen LogP contribution in [-0.2, 0) is 5.41 Å². The van der Waals surface area contributed by atoms with Gasteiger partial charge in [-0.2, -0.15) is 0 Å². The molecule has 47 heavy (non-hydrogen) atoms. The second-order valence-corrected chi connectivity index (χ2v) is 13.4. The first-order valence-electron chi connectivity index (χ1n) is 16.4. The molecule has 7 aromatic carbocycles. The molecule has 10 rings (SSSR count). The number of benzene rings is 7. The highest BCUT2D eigenvalue weighted by molar-refractivity contribution is 6.19. The highest BCUT2D eigenvalue weighted by Gasteiger charge is 2.35. The molecule has 0 bridgehead atoms. The van der Waals surface area contributed by atoms with Gasteiger partial charge in [0.25, 0.3) is 0 Å². The van der Waals surface area contributed by atoms with Crippen molar-refractivity contribution in [3.63, 3.8) is 0 Å². The van der Waals surface area contributed by atoms with E-state index in [9.17, 15) is 0 Å². The highest BCUT2D eigenvalue weighted by atomic mass is 15.0. The van der Waals surface area contributed by atoms with Crippen LogP contribution in [-0.4, -0.2) is 9.13 Å². The van der Waals surface area contributed by atoms with Gasteiger partial charge >= 0.3 is 0 Å². The lowest BCUT2D eigenvalue weighted by atomic mass is 9.82. The zero-order chi connectivity index (χ0) is 31.3. The van der Waals surface area contributed by atoms with Crippen LogP contribution in [0.3, 0.4) is 0 Å². The topological polar surface area (TPSA) is 9.86 Å². The maximum atomic E-state index is 2.48. The Labute approximate surface area is 273 Å². The van der Waals surface area contributed by atoms with E-state index in [0.717, 1.165) is 0 Å². The molecular formula is C45H32N2. The molecule has 0 radical (unpaired) electrons. The average molecular weight is 601 g/mol. The summed E-state index contributed by atoms with van der Waals surface area (Å²) in [6, 6.07) is 58.1. The van der Waals surface area contributed by atoms with Crippen molar-refractivity contribution >= 4 is 43.6 Å². The first kappa shape index (κ1) is 26.4. The van der Waals surface area contributed by atoms with Crippen LogP contribution < -0.4 is 0 Å². The van der Waals surface area contributed by atoms with Crippen molar-refractivity contribution in [2.24, 2.45) is 0 Å². The molecule has 0 N–H and O–H groups in total. The highest BCUT2D eigenvalue weighted by Crippen LogP contribution is 2.49. The van der Waals surface area contributed by atoms with Crippen LogP contribution in [0.1, 0.15) is 25.0 Å². The Morgan fingerprint density at radius 1 is 0.362 bits per heavy atom. The van der Waals surface area contributed by atoms with E-state index in [1.54, 1.807) is 0 Å². The van der Waals surface area contributed by atoms with E-state index < -0.39 is 0 Å². The van der Waals surface area contributed by atoms with E-state index in [4.69, 9.17) is 0 Å². The van der Waals surface area contributed by atoms with E-state index in [1.165, 1.54) is 88.4 Å². The molecule has 0 amide bonds. The molecule has 2 heterocycles. The number of hydrogen-bond acceptors (Lipinski definition) is 0. The van der Waals surface area contributed by atoms with Crippen LogP contribution in [0.2, 0.25) is 0 Å². The lowest BCUT2D eigenvalue weighted by molar-refractivity contribution is 0.660. The van der Waals surface area contributed by atoms with Crippen LogP contribution in [0.25, 0.3) is 77.2 Å². The van der Waals surface area contributed by atoms with Gasteiger partial charge in [-0.3, -0.25) is 0 Å². The first-order chi connectivity index (χ1) is 23.1. The zero-order valence-electron chi connectivity index (χ0n) is 26.4. The standard InChI is InChI=1S/C45H32N2/c1-45(2)39-20-9-6-17-33(39)34-24-23-32(26-40(34)45)47-42-22-11-8-19-36(42)38-27-43-37(28-44(38)47)35-18-7-10-21-41(35)46(43)31-16-12-15-30(25-31)29-13-4-3-5-14-29/h3-28H,1-2H3. The lowest BCUT2D eigenvalue weighted by Crippen LogP contribution is -2.15. The zero-order valence-corrected chi connectivity index (χ0v) is 26.4. The number of para-hydroxylation sites is 2. The third-order valence-corrected chi connectivity index (χ3v) is 10.5. The minimum atomic E-state index is -0.0598. The Kier molecular flexibility index (Phi) is 5.37. The maximum absolute atomic E-state index is 2.48. The first-order valence-corrected chi connectivity index (χ1v) is 16.4. The molecule has 0 fully saturated rings. The minimum Gasteiger partial charge on any atom is -0.309 e. The van der Waals surface area contributed by atoms with Crippen LogP contribution >= 0.6 is 0 Å². The third kappa shape index (κ3) is 3.67. The van der Waals surface area contributed by atoms with Gasteiger partial charge < -0.3 is 9.13 Å². The molecule has 0 spiro atoms. The summed E-state index contributed by atoms with van der Waals surface area (Å²) in [5, 5.41) is 5.05. The predicted molar refractivity (Wildman–Crippen MR) is 198 cm³/mol. The molecule has 0 atom stereocenters. The number of fused-ring (bicyclic) bond motifs is 9. The Hall–Kier alpha value is -5.86. The van der Waals surface area contributed by atoms with Gasteiger partial charge in [0.15, 0.2) is 0 Å². The van der Waals surface area contributed by atoms with Crippen molar-refractivity contribution < 1.29 is 0 Å². The summed E-state index contributed by atoms with van der Waals surface area (Å²) in [6.07, 6.45) is 0. The van der Waals surface area contributed by atoms with Crippen LogP contribution in [0.15, 0.2) is 158 Å². The van der Waals surface area contributed by atoms with Crippen molar-refractivity contribution in [3.8, 4) is 33.6 Å². The van der Waals surface area contributed by atoms with E-state index in [-0.39, 0.29) is 5.41 Å². The summed E-state index contributed by atoms with van der Waals surface area (Å²) >= 11 is 0. The number of hydrogen-bond donors (Lipinski definition) is 0. The summed E-state index contributed by atoms with van der Waals surface area (Å²) in [5.74, 6) is 0. The summed E-state index contributed by atoms with van der Waals surface area (Å²) < 4.78 is 4.92. The lowest BCUT2D eigenvalue weighted by Gasteiger charge is -2.22. The van der Waals surface area contributed by atoms with E-state index >= 15 is 0 Å². The Morgan fingerprint density at radius 2 is 0.915 bits per heavy atom. The van der Waals surface area contributed by atoms with Crippen molar-refractivity contribution in [2.75, 3.05) is 0 Å². The molecule has 1 aliphatic rings. The normalized spacial score (nSPS) is 13.5. The summed E-state index contributed by atoms with van der Waals surface area (Å²) in [6.45, 7) is 4.72. The molecule has 9 aromatic rings. The summed E-state index contributed by atoms with van der Waals surface area (Å²) in [7, 11) is 0. The Balaban J connectivity index is 1.25. The van der Waals surface area contributed by atoms with Gasteiger partial charge in [0.05, 0.1) is 22.1 Å². The van der Waals surface area contributed by atoms with Gasteiger partial charge in [-0.05, 0) is 81.9 Å². The Bertz CT molecular complexity index is 2700. The monoisotopic (exact) mass is 600 g/mol. The summed E-state index contributed by atoms with van der Waals surface area (Å²) in [4.78, 5) is 0. The molecule has 222 valence electrons. The maximum Gasteiger partial charge on any atom is 0.0548 e. The fourth-order valence-corrected chi connectivity index (χ4v) is 8.27. The second-order valence-electron chi connectivity index (χ2n) is 13.4. The van der Waals surface area contributed by atoms with E-state index in [1.807, 2.05) is 0 Å². The fraction of sp³-hybridized carbons (Fsp3) is 0.0667. The quantitative estimate of drug-likeness (QED) is 0.191. The molecule has 2 aromatic heterocycles. The molecule has 0 saturated heterocycles. The van der Waals surface area contributed by atoms with Crippen molar-refractivity contribution in [3.05, 3.63) is 169 Å². The van der Waals surface area contributed by atoms with E-state index in [0.29, 0.717) is 0 Å². The van der Waals surface area contributed by atoms with Gasteiger partial charge in [0.1, 0.15) is 0 Å². The van der Waals surface area contributed by atoms with Crippen LogP contribution in [0.5, 0.6) is 0 Å². The van der Waals surface area contributed by atoms with E-state index in [2.05, 4.69) is 181 Å². The molecule has 0 aliphatic heterocycles. The number of nitrogens with zero attached hydrogens (tertiary/aromatic N) is 2. The van der Waals surface area contributed by atoms with Crippen LogP contribution in [0.4, 0.5) is 0 Å². The number of rotatable bonds is 3. The molecule has 0 saturated carbocycles. The van der Waals surface area contributed by atoms with Gasteiger partial charge in [-0.15, -0.1) is 0 Å². The summed E-state index contributed by atoms with van der Waals surface area (Å²) in [5.41, 5.74) is 15.1. The smallest absolute Gasteiger partial charge is 0.0548 e. The number of aromatic nitrogens is 2. The van der Waals surface area contributed by atoms with Crippen LogP contribution in [0, 0.1) is 0 Å². The fourth-order valence-electron chi connectivity index (χ4n) is 8.27. The molecule has 2 nitrogen and oxygen atoms in total. The largest absolute Gasteiger partial charge is 0.309 e. The van der Waals surface area contributed by atoms with Crippen molar-refractivity contribution in [1.29, 1.82) is 0 Å². The van der Waals surface area contributed by atoms with Crippen molar-refractivity contribution in [2.45, 2.75) is 19.3 Å². The molecule has 1 aliphatic carbocycles. The van der Waals surface area contributed by atoms with Gasteiger partial charge in [0, 0.05) is 38.3 Å². The Morgan fingerprint density at radius 3 is 1.62 bits per heavy atom. The van der Waals surface area contributed by atoms with Gasteiger partial charge in [-0.25, -0.2) is 0 Å². The molecule has 2 heteroatoms. The van der Waals surface area contributed by atoms with Crippen molar-refractivity contribution in [1.82, 2.24) is 9.13 Å². The SMILES string of the molecule is CC1(C)c2ccccc2-c2ccc(-n3c4ccccc4c4cc5c(cc43)c3ccccc3n5-c3cccc(-c4ccccc4)c3)cc21.